The van der Waals surface area contributed by atoms with E-state index >= 15 is 0 Å². The predicted octanol–water partition coefficient (Wildman–Crippen LogP) is 1.49. The molecule has 0 saturated carbocycles. The maximum absolute atomic E-state index is 12.3. The molecule has 0 spiro atoms. The van der Waals surface area contributed by atoms with Crippen LogP contribution < -0.4 is 10.6 Å². The van der Waals surface area contributed by atoms with E-state index in [2.05, 4.69) is 20.5 Å². The van der Waals surface area contributed by atoms with Gasteiger partial charge in [-0.3, -0.25) is 14.7 Å². The minimum absolute atomic E-state index is 0. The van der Waals surface area contributed by atoms with Crippen LogP contribution in [0.5, 0.6) is 0 Å². The molecular formula is C21H36IN5O2. The minimum Gasteiger partial charge on any atom is -0.396 e. The smallest absolute Gasteiger partial charge is 0.239 e. The first kappa shape index (κ1) is 25.6. The Balaban J connectivity index is 0.00000420. The number of carbonyl (C=O) groups is 1. The highest BCUT2D eigenvalue weighted by Gasteiger charge is 2.30. The van der Waals surface area contributed by atoms with Crippen molar-refractivity contribution in [2.75, 3.05) is 53.9 Å². The SMILES string of the molecule is CN=C(NCCCN1CCCC1C(=O)N(C)C)NCC(CO)c1ccccc1.I. The molecule has 1 aliphatic heterocycles. The van der Waals surface area contributed by atoms with Gasteiger partial charge in [-0.15, -0.1) is 24.0 Å². The second-order valence-corrected chi connectivity index (χ2v) is 7.45. The fraction of sp³-hybridized carbons (Fsp3) is 0.619. The maximum Gasteiger partial charge on any atom is 0.239 e. The van der Waals surface area contributed by atoms with E-state index in [9.17, 15) is 9.90 Å². The molecule has 1 fully saturated rings. The summed E-state index contributed by atoms with van der Waals surface area (Å²) in [7, 11) is 5.40. The van der Waals surface area contributed by atoms with Crippen LogP contribution in [-0.2, 0) is 4.79 Å². The van der Waals surface area contributed by atoms with Crippen LogP contribution in [0.25, 0.3) is 0 Å². The Morgan fingerprint density at radius 1 is 1.31 bits per heavy atom. The molecule has 3 N–H and O–H groups in total. The fourth-order valence-corrected chi connectivity index (χ4v) is 3.61. The van der Waals surface area contributed by atoms with Crippen LogP contribution in [0.15, 0.2) is 35.3 Å². The quantitative estimate of drug-likeness (QED) is 0.200. The molecular weight excluding hydrogens is 481 g/mol. The van der Waals surface area contributed by atoms with Gasteiger partial charge in [0, 0.05) is 46.7 Å². The van der Waals surface area contributed by atoms with Crippen LogP contribution in [0.2, 0.25) is 0 Å². The van der Waals surface area contributed by atoms with Gasteiger partial charge in [-0.2, -0.15) is 0 Å². The van der Waals surface area contributed by atoms with Crippen molar-refractivity contribution >= 4 is 35.8 Å². The number of likely N-dealkylation sites (tertiary alicyclic amines) is 1. The Kier molecular flexibility index (Phi) is 12.2. The summed E-state index contributed by atoms with van der Waals surface area (Å²) < 4.78 is 0. The molecule has 7 nitrogen and oxygen atoms in total. The summed E-state index contributed by atoms with van der Waals surface area (Å²) in [6.07, 6.45) is 2.98. The number of hydrogen-bond donors (Lipinski definition) is 3. The van der Waals surface area contributed by atoms with Crippen molar-refractivity contribution < 1.29 is 9.90 Å². The molecule has 2 unspecified atom stereocenters. The van der Waals surface area contributed by atoms with Crippen molar-refractivity contribution in [3.05, 3.63) is 35.9 Å². The summed E-state index contributed by atoms with van der Waals surface area (Å²) >= 11 is 0. The monoisotopic (exact) mass is 517 g/mol. The molecule has 1 amide bonds. The van der Waals surface area contributed by atoms with Gasteiger partial charge in [-0.1, -0.05) is 30.3 Å². The van der Waals surface area contributed by atoms with Crippen LogP contribution in [0.3, 0.4) is 0 Å². The largest absolute Gasteiger partial charge is 0.396 e. The lowest BCUT2D eigenvalue weighted by Gasteiger charge is -2.26. The summed E-state index contributed by atoms with van der Waals surface area (Å²) in [5.74, 6) is 0.970. The lowest BCUT2D eigenvalue weighted by molar-refractivity contribution is -0.133. The van der Waals surface area contributed by atoms with Crippen LogP contribution in [0.4, 0.5) is 0 Å². The first-order chi connectivity index (χ1) is 13.6. The average Bonchev–Trinajstić information content (AvgIpc) is 3.18. The van der Waals surface area contributed by atoms with E-state index < -0.39 is 0 Å². The first-order valence-electron chi connectivity index (χ1n) is 10.1. The van der Waals surface area contributed by atoms with Crippen molar-refractivity contribution in [1.29, 1.82) is 0 Å². The highest BCUT2D eigenvalue weighted by atomic mass is 127. The Labute approximate surface area is 192 Å². The maximum atomic E-state index is 12.3. The summed E-state index contributed by atoms with van der Waals surface area (Å²) in [6, 6.07) is 10.0. The molecule has 1 aliphatic rings. The van der Waals surface area contributed by atoms with E-state index in [-0.39, 0.29) is 48.5 Å². The van der Waals surface area contributed by atoms with E-state index in [0.717, 1.165) is 50.4 Å². The normalized spacial score (nSPS) is 18.1. The van der Waals surface area contributed by atoms with Gasteiger partial charge in [0.25, 0.3) is 0 Å². The number of amides is 1. The van der Waals surface area contributed by atoms with Gasteiger partial charge in [0.15, 0.2) is 5.96 Å². The number of likely N-dealkylation sites (N-methyl/N-ethyl adjacent to an activating group) is 1. The second-order valence-electron chi connectivity index (χ2n) is 7.45. The van der Waals surface area contributed by atoms with Crippen molar-refractivity contribution in [1.82, 2.24) is 20.4 Å². The van der Waals surface area contributed by atoms with Crippen LogP contribution in [0, 0.1) is 0 Å². The van der Waals surface area contributed by atoms with Crippen molar-refractivity contribution in [2.45, 2.75) is 31.2 Å². The first-order valence-corrected chi connectivity index (χ1v) is 10.1. The number of benzene rings is 1. The van der Waals surface area contributed by atoms with E-state index in [0.29, 0.717) is 6.54 Å². The number of hydrogen-bond acceptors (Lipinski definition) is 4. The number of carbonyl (C=O) groups excluding carboxylic acids is 1. The van der Waals surface area contributed by atoms with Gasteiger partial charge >= 0.3 is 0 Å². The van der Waals surface area contributed by atoms with Crippen LogP contribution in [0.1, 0.15) is 30.7 Å². The second kappa shape index (κ2) is 13.8. The molecule has 0 aromatic heterocycles. The Bertz CT molecular complexity index is 627. The van der Waals surface area contributed by atoms with E-state index in [1.54, 1.807) is 11.9 Å². The van der Waals surface area contributed by atoms with Gasteiger partial charge in [0.1, 0.15) is 0 Å². The molecule has 1 aromatic carbocycles. The van der Waals surface area contributed by atoms with Gasteiger partial charge in [0.2, 0.25) is 5.91 Å². The van der Waals surface area contributed by atoms with Crippen molar-refractivity contribution in [2.24, 2.45) is 4.99 Å². The zero-order valence-electron chi connectivity index (χ0n) is 17.8. The van der Waals surface area contributed by atoms with Crippen LogP contribution >= 0.6 is 24.0 Å². The molecule has 1 heterocycles. The van der Waals surface area contributed by atoms with Gasteiger partial charge in [-0.05, 0) is 31.4 Å². The third-order valence-electron chi connectivity index (χ3n) is 5.23. The molecule has 1 saturated heterocycles. The lowest BCUT2D eigenvalue weighted by Crippen LogP contribution is -2.44. The molecule has 0 bridgehead atoms. The highest BCUT2D eigenvalue weighted by Crippen LogP contribution is 2.18. The molecule has 0 aliphatic carbocycles. The predicted molar refractivity (Wildman–Crippen MR) is 129 cm³/mol. The van der Waals surface area contributed by atoms with Gasteiger partial charge in [0.05, 0.1) is 12.6 Å². The molecule has 8 heteroatoms. The van der Waals surface area contributed by atoms with Crippen molar-refractivity contribution in [3.63, 3.8) is 0 Å². The zero-order chi connectivity index (χ0) is 20.4. The standard InChI is InChI=1S/C21H35N5O2.HI/c1-22-21(24-15-18(16-27)17-9-5-4-6-10-17)23-12-8-14-26-13-7-11-19(26)20(28)25(2)3;/h4-6,9-10,18-19,27H,7-8,11-16H2,1-3H3,(H2,22,23,24);1H. The molecule has 2 rings (SSSR count). The number of aliphatic imine (C=N–C) groups is 1. The highest BCUT2D eigenvalue weighted by molar-refractivity contribution is 14.0. The summed E-state index contributed by atoms with van der Waals surface area (Å²) in [5.41, 5.74) is 1.11. The topological polar surface area (TPSA) is 80.2 Å². The Hall–Kier alpha value is -1.39. The number of aliphatic hydroxyl groups is 1. The van der Waals surface area contributed by atoms with E-state index in [4.69, 9.17) is 0 Å². The number of nitrogens with zero attached hydrogens (tertiary/aromatic N) is 3. The molecule has 29 heavy (non-hydrogen) atoms. The summed E-state index contributed by atoms with van der Waals surface area (Å²) in [4.78, 5) is 20.5. The van der Waals surface area contributed by atoms with Crippen LogP contribution in [-0.4, -0.2) is 86.7 Å². The molecule has 2 atom stereocenters. The number of rotatable bonds is 9. The number of nitrogens with one attached hydrogen (secondary N) is 2. The summed E-state index contributed by atoms with van der Waals surface area (Å²) in [5, 5.41) is 16.3. The number of aliphatic hydroxyl groups excluding tert-OH is 1. The molecule has 0 radical (unpaired) electrons. The Morgan fingerprint density at radius 3 is 2.66 bits per heavy atom. The zero-order valence-corrected chi connectivity index (χ0v) is 20.1. The van der Waals surface area contributed by atoms with Crippen molar-refractivity contribution in [3.8, 4) is 0 Å². The third kappa shape index (κ3) is 8.10. The molecule has 1 aromatic rings. The minimum atomic E-state index is 0. The lowest BCUT2D eigenvalue weighted by atomic mass is 10.0. The number of guanidine groups is 1. The Morgan fingerprint density at radius 2 is 2.03 bits per heavy atom. The number of halogens is 1. The third-order valence-corrected chi connectivity index (χ3v) is 5.23. The summed E-state index contributed by atoms with van der Waals surface area (Å²) in [6.45, 7) is 3.38. The van der Waals surface area contributed by atoms with E-state index in [1.165, 1.54) is 0 Å². The van der Waals surface area contributed by atoms with Gasteiger partial charge < -0.3 is 20.6 Å². The molecule has 164 valence electrons. The van der Waals surface area contributed by atoms with E-state index in [1.807, 2.05) is 44.4 Å². The average molecular weight is 517 g/mol. The van der Waals surface area contributed by atoms with Gasteiger partial charge in [-0.25, -0.2) is 0 Å². The fourth-order valence-electron chi connectivity index (χ4n) is 3.61.